The van der Waals surface area contributed by atoms with Gasteiger partial charge in [-0.3, -0.25) is 4.79 Å². The lowest BCUT2D eigenvalue weighted by Gasteiger charge is -2.47. The highest BCUT2D eigenvalue weighted by molar-refractivity contribution is 6.01. The second-order valence-corrected chi connectivity index (χ2v) is 7.22. The number of nitrogens with one attached hydrogen (secondary N) is 1. The molecule has 1 aliphatic rings. The molecule has 0 spiro atoms. The van der Waals surface area contributed by atoms with Crippen molar-refractivity contribution in [1.29, 1.82) is 0 Å². The Labute approximate surface area is 156 Å². The third kappa shape index (κ3) is 2.84. The molecule has 0 bridgehead atoms. The van der Waals surface area contributed by atoms with Gasteiger partial charge in [0, 0.05) is 12.0 Å². The molecule has 1 unspecified atom stereocenters. The number of Topliss-reactive ketones (excluding diaryl/α,β-unsaturated/α-hetero) is 1. The van der Waals surface area contributed by atoms with Gasteiger partial charge in [0.15, 0.2) is 5.78 Å². The number of ketones is 1. The van der Waals surface area contributed by atoms with Gasteiger partial charge in [-0.25, -0.2) is 0 Å². The fraction of sp³-hybridized carbons (Fsp3) is 0.435. The molecule has 1 aliphatic carbocycles. The van der Waals surface area contributed by atoms with Gasteiger partial charge in [-0.1, -0.05) is 44.2 Å². The highest BCUT2D eigenvalue weighted by Gasteiger charge is 2.44. The summed E-state index contributed by atoms with van der Waals surface area (Å²) in [5, 5.41) is 3.51. The molecule has 2 aromatic rings. The van der Waals surface area contributed by atoms with Gasteiger partial charge in [-0.15, -0.1) is 0 Å². The molecule has 0 heterocycles. The van der Waals surface area contributed by atoms with E-state index in [1.807, 2.05) is 32.2 Å². The van der Waals surface area contributed by atoms with Gasteiger partial charge in [-0.05, 0) is 61.6 Å². The SMILES string of the molecule is CCC(=O)c1c(C)c2c(c(C)c1OCc1ccccc1)C(CC)(NC)C2. The van der Waals surface area contributed by atoms with Crippen LogP contribution in [0.3, 0.4) is 0 Å². The molecule has 1 N–H and O–H groups in total. The minimum atomic E-state index is 0.00280. The standard InChI is InChI=1S/C23H29NO2/c1-6-19(25)20-15(3)18-13-23(7-2,24-5)21(18)16(4)22(20)26-14-17-11-9-8-10-12-17/h8-12,24H,6-7,13-14H2,1-5H3. The van der Waals surface area contributed by atoms with Gasteiger partial charge in [0.2, 0.25) is 0 Å². The zero-order chi connectivity index (χ0) is 18.9. The Balaban J connectivity index is 2.10. The minimum absolute atomic E-state index is 0.00280. The van der Waals surface area contributed by atoms with Crippen LogP contribution in [0.4, 0.5) is 0 Å². The van der Waals surface area contributed by atoms with Crippen LogP contribution in [0.5, 0.6) is 5.75 Å². The van der Waals surface area contributed by atoms with Crippen molar-refractivity contribution in [2.24, 2.45) is 0 Å². The highest BCUT2D eigenvalue weighted by atomic mass is 16.5. The summed E-state index contributed by atoms with van der Waals surface area (Å²) in [6.07, 6.45) is 2.49. The van der Waals surface area contributed by atoms with Crippen molar-refractivity contribution in [2.75, 3.05) is 7.05 Å². The van der Waals surface area contributed by atoms with Crippen molar-refractivity contribution >= 4 is 5.78 Å². The van der Waals surface area contributed by atoms with Crippen LogP contribution in [0, 0.1) is 13.8 Å². The first-order valence-corrected chi connectivity index (χ1v) is 9.54. The summed E-state index contributed by atoms with van der Waals surface area (Å²) in [6.45, 7) is 8.78. The van der Waals surface area contributed by atoms with Gasteiger partial charge in [-0.2, -0.15) is 0 Å². The molecule has 2 aromatic carbocycles. The van der Waals surface area contributed by atoms with Crippen LogP contribution in [0.2, 0.25) is 0 Å². The van der Waals surface area contributed by atoms with E-state index in [0.717, 1.165) is 40.8 Å². The lowest BCUT2D eigenvalue weighted by Crippen LogP contribution is -2.50. The molecular formula is C23H29NO2. The van der Waals surface area contributed by atoms with Crippen molar-refractivity contribution in [2.45, 2.75) is 59.1 Å². The molecule has 3 heteroatoms. The lowest BCUT2D eigenvalue weighted by molar-refractivity contribution is 0.0982. The van der Waals surface area contributed by atoms with Gasteiger partial charge >= 0.3 is 0 Å². The summed E-state index contributed by atoms with van der Waals surface area (Å²) >= 11 is 0. The molecule has 3 nitrogen and oxygen atoms in total. The van der Waals surface area contributed by atoms with E-state index in [4.69, 9.17) is 4.74 Å². The molecule has 0 aliphatic heterocycles. The summed E-state index contributed by atoms with van der Waals surface area (Å²) in [4.78, 5) is 12.7. The molecule has 0 aromatic heterocycles. The number of rotatable bonds is 7. The van der Waals surface area contributed by atoms with Crippen molar-refractivity contribution in [3.8, 4) is 5.75 Å². The number of carbonyl (C=O) groups excluding carboxylic acids is 1. The molecule has 0 fully saturated rings. The van der Waals surface area contributed by atoms with Gasteiger partial charge < -0.3 is 10.1 Å². The van der Waals surface area contributed by atoms with Gasteiger partial charge in [0.25, 0.3) is 0 Å². The van der Waals surface area contributed by atoms with Crippen molar-refractivity contribution in [3.63, 3.8) is 0 Å². The normalized spacial score (nSPS) is 18.2. The first kappa shape index (κ1) is 18.7. The Kier molecular flexibility index (Phi) is 5.19. The fourth-order valence-corrected chi connectivity index (χ4v) is 4.30. The fourth-order valence-electron chi connectivity index (χ4n) is 4.30. The smallest absolute Gasteiger partial charge is 0.166 e. The molecule has 138 valence electrons. The summed E-state index contributed by atoms with van der Waals surface area (Å²) < 4.78 is 6.26. The molecule has 0 radical (unpaired) electrons. The van der Waals surface area contributed by atoms with E-state index in [9.17, 15) is 4.79 Å². The zero-order valence-corrected chi connectivity index (χ0v) is 16.5. The molecule has 0 saturated heterocycles. The van der Waals surface area contributed by atoms with Crippen LogP contribution in [0.25, 0.3) is 0 Å². The molecule has 1 atom stereocenters. The van der Waals surface area contributed by atoms with Crippen LogP contribution in [-0.4, -0.2) is 12.8 Å². The van der Waals surface area contributed by atoms with Crippen LogP contribution in [-0.2, 0) is 18.6 Å². The van der Waals surface area contributed by atoms with E-state index in [1.54, 1.807) is 0 Å². The predicted molar refractivity (Wildman–Crippen MR) is 106 cm³/mol. The molecule has 26 heavy (non-hydrogen) atoms. The van der Waals surface area contributed by atoms with E-state index in [2.05, 4.69) is 38.2 Å². The Morgan fingerprint density at radius 1 is 1.15 bits per heavy atom. The second-order valence-electron chi connectivity index (χ2n) is 7.22. The van der Waals surface area contributed by atoms with Crippen molar-refractivity contribution in [3.05, 3.63) is 63.7 Å². The maximum atomic E-state index is 12.7. The van der Waals surface area contributed by atoms with E-state index in [0.29, 0.717) is 13.0 Å². The number of benzene rings is 2. The van der Waals surface area contributed by atoms with Crippen LogP contribution in [0.15, 0.2) is 30.3 Å². The Hall–Kier alpha value is -2.13. The monoisotopic (exact) mass is 351 g/mol. The van der Waals surface area contributed by atoms with Crippen LogP contribution in [0.1, 0.15) is 64.9 Å². The average molecular weight is 351 g/mol. The second kappa shape index (κ2) is 7.24. The molecular weight excluding hydrogens is 322 g/mol. The maximum Gasteiger partial charge on any atom is 0.166 e. The van der Waals surface area contributed by atoms with E-state index in [-0.39, 0.29) is 11.3 Å². The molecule has 0 saturated carbocycles. The number of fused-ring (bicyclic) bond motifs is 1. The summed E-state index contributed by atoms with van der Waals surface area (Å²) in [6, 6.07) is 10.1. The number of ether oxygens (including phenoxy) is 1. The molecule has 0 amide bonds. The molecule has 3 rings (SSSR count). The zero-order valence-electron chi connectivity index (χ0n) is 16.5. The topological polar surface area (TPSA) is 38.3 Å². The Bertz CT molecular complexity index is 820. The van der Waals surface area contributed by atoms with Crippen LogP contribution < -0.4 is 10.1 Å². The summed E-state index contributed by atoms with van der Waals surface area (Å²) in [5.74, 6) is 0.930. The van der Waals surface area contributed by atoms with E-state index in [1.165, 1.54) is 11.1 Å². The van der Waals surface area contributed by atoms with Crippen molar-refractivity contribution < 1.29 is 9.53 Å². The predicted octanol–water partition coefficient (Wildman–Crippen LogP) is 4.86. The summed E-state index contributed by atoms with van der Waals surface area (Å²) in [5.41, 5.74) is 6.75. The van der Waals surface area contributed by atoms with Gasteiger partial charge in [0.05, 0.1) is 5.56 Å². The van der Waals surface area contributed by atoms with E-state index < -0.39 is 0 Å². The number of likely N-dealkylation sites (N-methyl/N-ethyl adjacent to an activating group) is 1. The van der Waals surface area contributed by atoms with E-state index >= 15 is 0 Å². The minimum Gasteiger partial charge on any atom is -0.488 e. The maximum absolute atomic E-state index is 12.7. The summed E-state index contributed by atoms with van der Waals surface area (Å²) in [7, 11) is 2.02. The third-order valence-corrected chi connectivity index (χ3v) is 5.94. The largest absolute Gasteiger partial charge is 0.488 e. The number of hydrogen-bond acceptors (Lipinski definition) is 3. The van der Waals surface area contributed by atoms with Crippen molar-refractivity contribution in [1.82, 2.24) is 5.32 Å². The number of carbonyl (C=O) groups is 1. The number of hydrogen-bond donors (Lipinski definition) is 1. The third-order valence-electron chi connectivity index (χ3n) is 5.94. The lowest BCUT2D eigenvalue weighted by atomic mass is 9.64. The highest BCUT2D eigenvalue weighted by Crippen LogP contribution is 2.49. The quantitative estimate of drug-likeness (QED) is 0.724. The first-order valence-electron chi connectivity index (χ1n) is 9.54. The Morgan fingerprint density at radius 2 is 1.85 bits per heavy atom. The van der Waals surface area contributed by atoms with Gasteiger partial charge in [0.1, 0.15) is 12.4 Å². The Morgan fingerprint density at radius 3 is 2.42 bits per heavy atom. The van der Waals surface area contributed by atoms with Crippen LogP contribution >= 0.6 is 0 Å². The first-order chi connectivity index (χ1) is 12.5. The average Bonchev–Trinajstić information content (AvgIpc) is 2.64.